The molecule has 22 heavy (non-hydrogen) atoms. The van der Waals surface area contributed by atoms with Crippen molar-refractivity contribution in [2.24, 2.45) is 5.10 Å². The molecule has 1 aromatic carbocycles. The third-order valence-electron chi connectivity index (χ3n) is 2.90. The first-order chi connectivity index (χ1) is 10.3. The van der Waals surface area contributed by atoms with Gasteiger partial charge < -0.3 is 15.5 Å². The van der Waals surface area contributed by atoms with Gasteiger partial charge >= 0.3 is 11.9 Å². The number of nitrogens with one attached hydrogen (secondary N) is 1. The van der Waals surface area contributed by atoms with Crippen LogP contribution in [0, 0.1) is 0 Å². The predicted octanol–water partition coefficient (Wildman–Crippen LogP) is -0.0116. The predicted molar refractivity (Wildman–Crippen MR) is 72.6 cm³/mol. The summed E-state index contributed by atoms with van der Waals surface area (Å²) in [5, 5.41) is 25.1. The van der Waals surface area contributed by atoms with E-state index < -0.39 is 17.8 Å². The Morgan fingerprint density at radius 2 is 1.59 bits per heavy atom. The summed E-state index contributed by atoms with van der Waals surface area (Å²) in [5.74, 6) is -3.65. The first-order valence-electron chi connectivity index (χ1n) is 6.05. The zero-order valence-electron chi connectivity index (χ0n) is 11.4. The number of hydrogen-bond acceptors (Lipinski definition) is 5. The molecule has 0 bridgehead atoms. The molecule has 114 valence electrons. The average Bonchev–Trinajstić information content (AvgIpc) is 2.76. The molecule has 3 N–H and O–H groups in total. The monoisotopic (exact) mass is 305 g/mol. The number of rotatable bonds is 3. The highest BCUT2D eigenvalue weighted by Crippen LogP contribution is 2.12. The summed E-state index contributed by atoms with van der Waals surface area (Å²) in [7, 11) is 1.43. The van der Waals surface area contributed by atoms with Crippen molar-refractivity contribution in [1.82, 2.24) is 10.3 Å². The highest BCUT2D eigenvalue weighted by molar-refractivity contribution is 6.14. The standard InChI is InChI=1S/C13H11N3O6/c1-16-10(17)5-9(15-16)14-11(18)6-2-7(12(19)20)4-8(3-6)13(21)22/h2-4H,5H2,1H3,(H,19,20)(H,21,22)(H,14,15,18). The lowest BCUT2D eigenvalue weighted by Crippen LogP contribution is -2.30. The number of carbonyl (C=O) groups excluding carboxylic acids is 2. The van der Waals surface area contributed by atoms with E-state index in [4.69, 9.17) is 10.2 Å². The molecule has 0 atom stereocenters. The summed E-state index contributed by atoms with van der Waals surface area (Å²) < 4.78 is 0. The Labute approximate surface area is 123 Å². The fourth-order valence-corrected chi connectivity index (χ4v) is 1.81. The van der Waals surface area contributed by atoms with Gasteiger partial charge in [0.15, 0.2) is 0 Å². The van der Waals surface area contributed by atoms with Crippen LogP contribution >= 0.6 is 0 Å². The van der Waals surface area contributed by atoms with Crippen molar-refractivity contribution < 1.29 is 29.4 Å². The second-order valence-corrected chi connectivity index (χ2v) is 4.50. The molecule has 0 saturated carbocycles. The van der Waals surface area contributed by atoms with Crippen molar-refractivity contribution in [2.45, 2.75) is 6.42 Å². The van der Waals surface area contributed by atoms with Gasteiger partial charge in [-0.3, -0.25) is 9.59 Å². The maximum atomic E-state index is 12.1. The Morgan fingerprint density at radius 3 is 2.00 bits per heavy atom. The van der Waals surface area contributed by atoms with Crippen molar-refractivity contribution in [3.63, 3.8) is 0 Å². The van der Waals surface area contributed by atoms with E-state index in [1.165, 1.54) is 7.05 Å². The molecule has 0 spiro atoms. The SMILES string of the molecule is CN1N=C(NC(=O)c2cc(C(=O)O)cc(C(=O)O)c2)CC1=O. The number of hydrazone groups is 1. The molecule has 2 amide bonds. The molecule has 0 saturated heterocycles. The summed E-state index contributed by atoms with van der Waals surface area (Å²) in [6.45, 7) is 0. The van der Waals surface area contributed by atoms with Crippen molar-refractivity contribution in [3.8, 4) is 0 Å². The Hall–Kier alpha value is -3.23. The fourth-order valence-electron chi connectivity index (χ4n) is 1.81. The second-order valence-electron chi connectivity index (χ2n) is 4.50. The van der Waals surface area contributed by atoms with Crippen LogP contribution in [0.25, 0.3) is 0 Å². The van der Waals surface area contributed by atoms with Crippen LogP contribution in [-0.4, -0.2) is 51.9 Å². The topological polar surface area (TPSA) is 136 Å². The summed E-state index contributed by atoms with van der Waals surface area (Å²) in [6.07, 6.45) is -0.0906. The minimum atomic E-state index is -1.36. The van der Waals surface area contributed by atoms with E-state index in [-0.39, 0.29) is 34.9 Å². The van der Waals surface area contributed by atoms with Crippen LogP contribution in [0.1, 0.15) is 37.5 Å². The molecule has 1 heterocycles. The van der Waals surface area contributed by atoms with E-state index in [1.807, 2.05) is 0 Å². The lowest BCUT2D eigenvalue weighted by atomic mass is 10.0. The number of carboxylic acids is 2. The maximum Gasteiger partial charge on any atom is 0.335 e. The summed E-state index contributed by atoms with van der Waals surface area (Å²) in [6, 6.07) is 3.04. The minimum absolute atomic E-state index is 0.0906. The summed E-state index contributed by atoms with van der Waals surface area (Å²) in [4.78, 5) is 45.3. The first-order valence-corrected chi connectivity index (χ1v) is 6.05. The van der Waals surface area contributed by atoms with Crippen molar-refractivity contribution >= 4 is 29.6 Å². The third kappa shape index (κ3) is 3.08. The minimum Gasteiger partial charge on any atom is -0.478 e. The molecular weight excluding hydrogens is 294 g/mol. The molecule has 0 radical (unpaired) electrons. The summed E-state index contributed by atoms with van der Waals surface area (Å²) in [5.41, 5.74) is -0.805. The van der Waals surface area contributed by atoms with Gasteiger partial charge in [-0.25, -0.2) is 14.6 Å². The number of amides is 2. The molecule has 9 heteroatoms. The number of benzene rings is 1. The van der Waals surface area contributed by atoms with Crippen LogP contribution in [0.2, 0.25) is 0 Å². The van der Waals surface area contributed by atoms with Gasteiger partial charge in [0.1, 0.15) is 5.84 Å². The van der Waals surface area contributed by atoms with Gasteiger partial charge in [-0.2, -0.15) is 5.10 Å². The lowest BCUT2D eigenvalue weighted by Gasteiger charge is -2.06. The van der Waals surface area contributed by atoms with Crippen LogP contribution in [0.4, 0.5) is 0 Å². The van der Waals surface area contributed by atoms with E-state index in [1.54, 1.807) is 0 Å². The van der Waals surface area contributed by atoms with E-state index in [0.29, 0.717) is 0 Å². The second kappa shape index (κ2) is 5.64. The number of amidine groups is 1. The van der Waals surface area contributed by atoms with Crippen LogP contribution in [0.3, 0.4) is 0 Å². The van der Waals surface area contributed by atoms with Crippen molar-refractivity contribution in [2.75, 3.05) is 7.05 Å². The van der Waals surface area contributed by atoms with Gasteiger partial charge in [0, 0.05) is 12.6 Å². The van der Waals surface area contributed by atoms with Gasteiger partial charge in [-0.1, -0.05) is 0 Å². The molecule has 1 aliphatic rings. The van der Waals surface area contributed by atoms with Crippen LogP contribution in [0.15, 0.2) is 23.3 Å². The highest BCUT2D eigenvalue weighted by Gasteiger charge is 2.23. The molecule has 2 rings (SSSR count). The quantitative estimate of drug-likeness (QED) is 0.718. The average molecular weight is 305 g/mol. The molecule has 1 aliphatic heterocycles. The largest absolute Gasteiger partial charge is 0.478 e. The molecule has 0 aromatic heterocycles. The zero-order chi connectivity index (χ0) is 16.4. The molecule has 9 nitrogen and oxygen atoms in total. The highest BCUT2D eigenvalue weighted by atomic mass is 16.4. The van der Waals surface area contributed by atoms with E-state index in [2.05, 4.69) is 10.4 Å². The van der Waals surface area contributed by atoms with Crippen LogP contribution in [0.5, 0.6) is 0 Å². The van der Waals surface area contributed by atoms with E-state index >= 15 is 0 Å². The number of carboxylic acid groups (broad SMARTS) is 2. The summed E-state index contributed by atoms with van der Waals surface area (Å²) >= 11 is 0. The third-order valence-corrected chi connectivity index (χ3v) is 2.90. The van der Waals surface area contributed by atoms with Gasteiger partial charge in [-0.15, -0.1) is 0 Å². The Bertz CT molecular complexity index is 692. The smallest absolute Gasteiger partial charge is 0.335 e. The van der Waals surface area contributed by atoms with Gasteiger partial charge in [0.05, 0.1) is 17.5 Å². The Morgan fingerprint density at radius 1 is 1.09 bits per heavy atom. The number of nitrogens with zero attached hydrogens (tertiary/aromatic N) is 2. The normalized spacial score (nSPS) is 13.8. The number of hydrogen-bond donors (Lipinski definition) is 3. The Balaban J connectivity index is 2.29. The lowest BCUT2D eigenvalue weighted by molar-refractivity contribution is -0.127. The van der Waals surface area contributed by atoms with Gasteiger partial charge in [0.2, 0.25) is 5.91 Å². The molecule has 0 fully saturated rings. The molecular formula is C13H11N3O6. The van der Waals surface area contributed by atoms with Crippen LogP contribution in [-0.2, 0) is 4.79 Å². The van der Waals surface area contributed by atoms with Crippen LogP contribution < -0.4 is 5.32 Å². The molecule has 0 unspecified atom stereocenters. The Kier molecular flexibility index (Phi) is 3.89. The van der Waals surface area contributed by atoms with Gasteiger partial charge in [-0.05, 0) is 18.2 Å². The molecule has 1 aromatic rings. The van der Waals surface area contributed by atoms with Crippen molar-refractivity contribution in [3.05, 3.63) is 34.9 Å². The first kappa shape index (κ1) is 15.2. The van der Waals surface area contributed by atoms with E-state index in [0.717, 1.165) is 23.2 Å². The molecule has 0 aliphatic carbocycles. The van der Waals surface area contributed by atoms with Gasteiger partial charge in [0.25, 0.3) is 5.91 Å². The maximum absolute atomic E-state index is 12.1. The van der Waals surface area contributed by atoms with E-state index in [9.17, 15) is 19.2 Å². The number of carbonyl (C=O) groups is 4. The zero-order valence-corrected chi connectivity index (χ0v) is 11.4. The fraction of sp³-hybridized carbons (Fsp3) is 0.154. The number of aromatic carboxylic acids is 2. The van der Waals surface area contributed by atoms with Crippen molar-refractivity contribution in [1.29, 1.82) is 0 Å².